The van der Waals surface area contributed by atoms with E-state index in [1.165, 1.54) is 4.90 Å². The van der Waals surface area contributed by atoms with E-state index in [-0.39, 0.29) is 34.9 Å². The second kappa shape index (κ2) is 10.2. The number of aromatic nitrogens is 2. The summed E-state index contributed by atoms with van der Waals surface area (Å²) >= 11 is 1.69. The third kappa shape index (κ3) is 6.72. The fourth-order valence-electron chi connectivity index (χ4n) is 2.49. The number of carbonyl (C=O) groups is 1. The Hall–Kier alpha value is -2.65. The molecule has 3 aromatic rings. The number of amides is 1. The molecule has 152 valence electrons. The van der Waals surface area contributed by atoms with Gasteiger partial charge < -0.3 is 4.42 Å². The van der Waals surface area contributed by atoms with E-state index in [0.29, 0.717) is 12.8 Å². The summed E-state index contributed by atoms with van der Waals surface area (Å²) in [6.45, 7) is 0. The maximum absolute atomic E-state index is 12.3. The molecule has 29 heavy (non-hydrogen) atoms. The number of nitrogens with one attached hydrogen (secondary N) is 1. The zero-order valence-corrected chi connectivity index (χ0v) is 17.3. The summed E-state index contributed by atoms with van der Waals surface area (Å²) in [7, 11) is -3.43. The summed E-state index contributed by atoms with van der Waals surface area (Å²) in [4.78, 5) is 13.4. The zero-order chi connectivity index (χ0) is 20.5. The monoisotopic (exact) mass is 431 g/mol. The molecule has 0 atom stereocenters. The number of carbonyl (C=O) groups excluding carboxylic acids is 1. The Morgan fingerprint density at radius 1 is 1.00 bits per heavy atom. The Balaban J connectivity index is 1.41. The molecule has 1 aromatic heterocycles. The first-order valence-electron chi connectivity index (χ1n) is 9.11. The van der Waals surface area contributed by atoms with Crippen LogP contribution in [0.3, 0.4) is 0 Å². The number of anilines is 1. The number of aryl methyl sites for hydroxylation is 1. The average Bonchev–Trinajstić information content (AvgIpc) is 3.18. The molecular weight excluding hydrogens is 410 g/mol. The lowest BCUT2D eigenvalue weighted by Gasteiger charge is -2.02. The predicted molar refractivity (Wildman–Crippen MR) is 112 cm³/mol. The highest BCUT2D eigenvalue weighted by Crippen LogP contribution is 2.18. The van der Waals surface area contributed by atoms with Crippen LogP contribution in [0.25, 0.3) is 0 Å². The van der Waals surface area contributed by atoms with Crippen LogP contribution in [0.15, 0.2) is 74.9 Å². The number of rotatable bonds is 10. The molecule has 1 heterocycles. The van der Waals surface area contributed by atoms with Gasteiger partial charge in [0, 0.05) is 17.7 Å². The van der Waals surface area contributed by atoms with Crippen molar-refractivity contribution in [1.82, 2.24) is 10.2 Å². The molecule has 0 aliphatic heterocycles. The SMILES string of the molecule is O=C(CCCSc1ccccc1)Nc1nnc(CCS(=O)(=O)c2ccccc2)o1. The van der Waals surface area contributed by atoms with Crippen molar-refractivity contribution in [3.8, 4) is 0 Å². The van der Waals surface area contributed by atoms with E-state index in [2.05, 4.69) is 15.5 Å². The van der Waals surface area contributed by atoms with E-state index in [1.54, 1.807) is 42.1 Å². The van der Waals surface area contributed by atoms with E-state index in [9.17, 15) is 13.2 Å². The van der Waals surface area contributed by atoms with Gasteiger partial charge in [0.15, 0.2) is 9.84 Å². The van der Waals surface area contributed by atoms with E-state index in [1.807, 2.05) is 30.3 Å². The molecule has 1 N–H and O–H groups in total. The summed E-state index contributed by atoms with van der Waals surface area (Å²) in [5.74, 6) is 0.623. The molecule has 0 saturated heterocycles. The first kappa shape index (κ1) is 21.1. The van der Waals surface area contributed by atoms with Crippen LogP contribution in [-0.4, -0.2) is 36.0 Å². The molecule has 0 spiro atoms. The highest BCUT2D eigenvalue weighted by atomic mass is 32.2. The lowest BCUT2D eigenvalue weighted by molar-refractivity contribution is -0.116. The van der Waals surface area contributed by atoms with Crippen molar-refractivity contribution < 1.29 is 17.6 Å². The van der Waals surface area contributed by atoms with Gasteiger partial charge in [0.25, 0.3) is 0 Å². The van der Waals surface area contributed by atoms with Gasteiger partial charge >= 0.3 is 6.01 Å². The maximum atomic E-state index is 12.3. The first-order chi connectivity index (χ1) is 14.0. The fraction of sp³-hybridized carbons (Fsp3) is 0.250. The van der Waals surface area contributed by atoms with Crippen LogP contribution in [0.4, 0.5) is 6.01 Å². The highest BCUT2D eigenvalue weighted by Gasteiger charge is 2.17. The summed E-state index contributed by atoms with van der Waals surface area (Å²) in [5.41, 5.74) is 0. The summed E-state index contributed by atoms with van der Waals surface area (Å²) in [6, 6.07) is 18.2. The summed E-state index contributed by atoms with van der Waals surface area (Å²) < 4.78 is 29.9. The zero-order valence-electron chi connectivity index (χ0n) is 15.7. The third-order valence-corrected chi connectivity index (χ3v) is 6.79. The van der Waals surface area contributed by atoms with Crippen molar-refractivity contribution in [2.24, 2.45) is 0 Å². The minimum Gasteiger partial charge on any atom is -0.408 e. The van der Waals surface area contributed by atoms with E-state index in [4.69, 9.17) is 4.42 Å². The molecule has 0 aliphatic rings. The molecule has 0 aliphatic carbocycles. The van der Waals surface area contributed by atoms with E-state index < -0.39 is 9.84 Å². The smallest absolute Gasteiger partial charge is 0.322 e. The van der Waals surface area contributed by atoms with Crippen molar-refractivity contribution in [3.05, 3.63) is 66.6 Å². The van der Waals surface area contributed by atoms with Crippen LogP contribution in [0.5, 0.6) is 0 Å². The molecule has 0 bridgehead atoms. The Morgan fingerprint density at radius 2 is 1.69 bits per heavy atom. The minimum absolute atomic E-state index is 0.0159. The lowest BCUT2D eigenvalue weighted by atomic mass is 10.3. The normalized spacial score (nSPS) is 11.3. The number of hydrogen-bond acceptors (Lipinski definition) is 7. The van der Waals surface area contributed by atoms with Crippen molar-refractivity contribution in [2.75, 3.05) is 16.8 Å². The Bertz CT molecular complexity index is 1020. The van der Waals surface area contributed by atoms with Crippen molar-refractivity contribution >= 4 is 33.5 Å². The van der Waals surface area contributed by atoms with Gasteiger partial charge in [-0.15, -0.1) is 16.9 Å². The van der Waals surface area contributed by atoms with Gasteiger partial charge in [0.1, 0.15) is 0 Å². The number of hydrogen-bond donors (Lipinski definition) is 1. The van der Waals surface area contributed by atoms with Gasteiger partial charge in [-0.25, -0.2) is 8.42 Å². The Labute approximate surface area is 173 Å². The van der Waals surface area contributed by atoms with Crippen LogP contribution in [0, 0.1) is 0 Å². The molecule has 0 radical (unpaired) electrons. The highest BCUT2D eigenvalue weighted by molar-refractivity contribution is 7.99. The standard InChI is InChI=1S/C20H21N3O4S2/c24-18(12-7-14-28-16-8-3-1-4-9-16)21-20-23-22-19(27-20)13-15-29(25,26)17-10-5-2-6-11-17/h1-6,8-11H,7,12-15H2,(H,21,23,24). The molecule has 1 amide bonds. The number of benzene rings is 2. The molecule has 0 saturated carbocycles. The van der Waals surface area contributed by atoms with Gasteiger partial charge in [0.2, 0.25) is 11.8 Å². The molecule has 9 heteroatoms. The maximum Gasteiger partial charge on any atom is 0.322 e. The Morgan fingerprint density at radius 3 is 2.41 bits per heavy atom. The largest absolute Gasteiger partial charge is 0.408 e. The van der Waals surface area contributed by atoms with Crippen LogP contribution < -0.4 is 5.32 Å². The summed E-state index contributed by atoms with van der Waals surface area (Å²) in [6.07, 6.45) is 1.12. The molecule has 0 fully saturated rings. The van der Waals surface area contributed by atoms with Gasteiger partial charge in [0.05, 0.1) is 10.6 Å². The van der Waals surface area contributed by atoms with E-state index >= 15 is 0 Å². The van der Waals surface area contributed by atoms with Crippen LogP contribution in [0.2, 0.25) is 0 Å². The molecule has 3 rings (SSSR count). The fourth-order valence-corrected chi connectivity index (χ4v) is 4.62. The molecule has 2 aromatic carbocycles. The van der Waals surface area contributed by atoms with E-state index in [0.717, 1.165) is 5.75 Å². The van der Waals surface area contributed by atoms with Gasteiger partial charge in [-0.3, -0.25) is 10.1 Å². The predicted octanol–water partition coefficient (Wildman–Crippen LogP) is 3.60. The topological polar surface area (TPSA) is 102 Å². The molecule has 7 nitrogen and oxygen atoms in total. The Kier molecular flexibility index (Phi) is 7.42. The molecular formula is C20H21N3O4S2. The minimum atomic E-state index is -3.43. The lowest BCUT2D eigenvalue weighted by Crippen LogP contribution is -2.11. The third-order valence-electron chi connectivity index (χ3n) is 3.96. The number of sulfone groups is 1. The number of nitrogens with zero attached hydrogens (tertiary/aromatic N) is 2. The summed E-state index contributed by atoms with van der Waals surface area (Å²) in [5, 5.41) is 10.1. The second-order valence-corrected chi connectivity index (χ2v) is 9.47. The van der Waals surface area contributed by atoms with Crippen LogP contribution >= 0.6 is 11.8 Å². The first-order valence-corrected chi connectivity index (χ1v) is 11.7. The van der Waals surface area contributed by atoms with Gasteiger partial charge in [-0.1, -0.05) is 41.5 Å². The molecule has 0 unspecified atom stereocenters. The van der Waals surface area contributed by atoms with Crippen molar-refractivity contribution in [2.45, 2.75) is 29.1 Å². The number of thioether (sulfide) groups is 1. The van der Waals surface area contributed by atoms with Crippen molar-refractivity contribution in [3.63, 3.8) is 0 Å². The quantitative estimate of drug-likeness (QED) is 0.386. The van der Waals surface area contributed by atoms with Gasteiger partial charge in [-0.2, -0.15) is 0 Å². The van der Waals surface area contributed by atoms with Gasteiger partial charge in [-0.05, 0) is 36.4 Å². The second-order valence-electron chi connectivity index (χ2n) is 6.20. The van der Waals surface area contributed by atoms with Crippen LogP contribution in [-0.2, 0) is 21.1 Å². The van der Waals surface area contributed by atoms with Crippen LogP contribution in [0.1, 0.15) is 18.7 Å². The average molecular weight is 432 g/mol. The van der Waals surface area contributed by atoms with Crippen molar-refractivity contribution in [1.29, 1.82) is 0 Å².